The fraction of sp³-hybridized carbons (Fsp3) is 0.524. The fourth-order valence-electron chi connectivity index (χ4n) is 15.7. The minimum Gasteiger partial charge on any atom is -0.382 e. The monoisotopic (exact) mass is 1970 g/mol. The van der Waals surface area contributed by atoms with Gasteiger partial charge in [-0.25, -0.2) is 117 Å². The quantitative estimate of drug-likeness (QED) is 0.0148. The number of phosphoric ester groups is 6. The summed E-state index contributed by atoms with van der Waals surface area (Å²) < 4.78 is 198. The van der Waals surface area contributed by atoms with Crippen LogP contribution in [0.1, 0.15) is 82.3 Å². The molecule has 6 saturated heterocycles. The second-order valence-corrected chi connectivity index (χ2v) is 38.7. The van der Waals surface area contributed by atoms with Gasteiger partial charge < -0.3 is 102 Å². The van der Waals surface area contributed by atoms with Crippen LogP contribution in [0.3, 0.4) is 0 Å². The van der Waals surface area contributed by atoms with Crippen LogP contribution < -0.4 is 34.4 Å². The van der Waals surface area contributed by atoms with Crippen molar-refractivity contribution in [3.05, 3.63) is 75.9 Å². The third-order valence-electron chi connectivity index (χ3n) is 21.7. The number of thiol groups is 1. The van der Waals surface area contributed by atoms with Crippen LogP contribution in [0.5, 0.6) is 0 Å². The maximum absolute atomic E-state index is 14.7. The van der Waals surface area contributed by atoms with Gasteiger partial charge in [-0.2, -0.15) is 12.6 Å². The van der Waals surface area contributed by atoms with E-state index in [-0.39, 0.29) is 117 Å². The Morgan fingerprint density at radius 1 is 0.298 bits per heavy atom. The first-order valence-corrected chi connectivity index (χ1v) is 48.9. The zero-order valence-corrected chi connectivity index (χ0v) is 73.4. The van der Waals surface area contributed by atoms with E-state index in [2.05, 4.69) is 102 Å². The topological polar surface area (TPSA) is 828 Å². The summed E-state index contributed by atoms with van der Waals surface area (Å²) >= 11 is 4.29. The van der Waals surface area contributed by atoms with Gasteiger partial charge in [0, 0.05) is 45.1 Å². The Kier molecular flexibility index (Phi) is 26.2. The van der Waals surface area contributed by atoms with Gasteiger partial charge in [0.15, 0.2) is 68.8 Å². The van der Waals surface area contributed by atoms with Crippen LogP contribution in [0.4, 0.5) is 34.9 Å². The summed E-state index contributed by atoms with van der Waals surface area (Å²) in [5.41, 5.74) is 38.4. The molecule has 0 spiro atoms. The van der Waals surface area contributed by atoms with Crippen LogP contribution in [0.15, 0.2) is 75.9 Å². The van der Waals surface area contributed by atoms with Crippen molar-refractivity contribution in [2.75, 3.05) is 86.4 Å². The number of anilines is 6. The van der Waals surface area contributed by atoms with Gasteiger partial charge in [0.25, 0.3) is 0 Å². The molecule has 5 unspecified atom stereocenters. The molecule has 6 fully saturated rings. The molecule has 0 aliphatic carbocycles. The summed E-state index contributed by atoms with van der Waals surface area (Å²) in [6.07, 6.45) is -11.1. The predicted octanol–water partition coefficient (Wildman–Crippen LogP) is 1.57. The lowest BCUT2D eigenvalue weighted by atomic mass is 10.2. The molecule has 6 aliphatic heterocycles. The summed E-state index contributed by atoms with van der Waals surface area (Å²) in [4.78, 5) is 153. The van der Waals surface area contributed by atoms with Crippen LogP contribution in [0, 0.1) is 0 Å². The van der Waals surface area contributed by atoms with E-state index in [9.17, 15) is 61.6 Å². The lowest BCUT2D eigenvalue weighted by Crippen LogP contribution is -2.32. The van der Waals surface area contributed by atoms with Gasteiger partial charge in [0.2, 0.25) is 0 Å². The summed E-state index contributed by atoms with van der Waals surface area (Å²) in [5.74, 6) is 0.430. The largest absolute Gasteiger partial charge is 0.472 e. The van der Waals surface area contributed by atoms with Crippen LogP contribution in [-0.2, 0) is 110 Å². The van der Waals surface area contributed by atoms with Crippen molar-refractivity contribution in [1.29, 1.82) is 0 Å². The number of hydrogen-bond donors (Lipinski definition) is 14. The zero-order chi connectivity index (χ0) is 91.8. The van der Waals surface area contributed by atoms with Crippen LogP contribution in [0.2, 0.25) is 0 Å². The number of ether oxygens (including phenoxy) is 7. The molecule has 18 rings (SSSR count). The number of nitrogens with zero attached hydrogens (tertiary/aromatic N) is 24. The maximum Gasteiger partial charge on any atom is 0.472 e. The molecule has 0 saturated carbocycles. The Balaban J connectivity index is 0.565. The molecule has 12 aromatic rings. The third kappa shape index (κ3) is 20.2. The standard InChI is InChI=1S/C63H80N30O31P6S/c64-52-46-58(76-16-70-52)88(22-82-46)40-4-28(107-2-1-3-131)34(114-40)11-109-126(97,98)121-30-6-42(90-24-84-48-54(66)72-18-78-60(48)90)116-36(30)13-111-128(101,102)123-32-8-44(92-26-86-50-56(68)74-20-80-62(50)92)118-38(32)15-113-130(105,106)124-33-9-45(93-27-87-51-57(69)75-21-81-63(51)93)119-39(33)14-112-129(103,104)122-31-7-43(91-25-85-49-55(67)73-19-79-61(49)91)117-37(31)12-110-127(99,100)120-29-5-41(115-35(29)10-108-125(94,95)96)89-23-83-47-53(65)71-17-77-59(47)89/h16-45,131H,1-15H2,(H,97,98)(H,99,100)(H,101,102)(H,103,104)(H,105,106)(H2,64,70,76)(H2,65,71,77)(H2,66,72,78)(H2,67,73,79)(H2,68,74,80)(H2,69,75,81)(H2,94,95,96)/t28-,29-,30-,31-,32-,33-,34+,35+,36+,37+,38+,39+,40+,41+,42+,43+,44+,45+/m0/s1. The van der Waals surface area contributed by atoms with Crippen LogP contribution in [0.25, 0.3) is 67.0 Å². The van der Waals surface area contributed by atoms with Gasteiger partial charge in [0.1, 0.15) is 176 Å². The molecule has 0 radical (unpaired) electrons. The Morgan fingerprint density at radius 3 is 0.687 bits per heavy atom. The Labute approximate surface area is 737 Å². The van der Waals surface area contributed by atoms with Gasteiger partial charge in [-0.3, -0.25) is 77.2 Å². The first-order chi connectivity index (χ1) is 62.6. The first-order valence-electron chi connectivity index (χ1n) is 39.3. The highest BCUT2D eigenvalue weighted by Crippen LogP contribution is 2.58. The SMILES string of the molecule is Nc1ncnc2c1ncn2[C@H]1C[C@H](OCCCS)[C@@H](COP(=O)(O)O[C@H]2C[C@H](n3cnc4c(N)ncnc43)O[C@@H]2COP(=O)(O)O[C@H]2C[C@H](n3cnc4c(N)ncnc43)O[C@@H]2COP(=O)(O)O[C@H]2C[C@H](n3cnc4c(N)ncnc43)O[C@@H]2COP(=O)(O)O[C@H]2C[C@H](n3cnc4c(N)ncnc43)O[C@@H]2COP(=O)(O)O[C@H]2C[C@H](n3cnc4c(N)ncnc43)O[C@@H]2COP(=O)(O)O)O1. The van der Waals surface area contributed by atoms with E-state index < -0.39 is 216 Å². The number of hydrogen-bond acceptors (Lipinski definition) is 49. The van der Waals surface area contributed by atoms with E-state index in [1.54, 1.807) is 4.57 Å². The molecule has 0 bridgehead atoms. The molecule has 18 heterocycles. The Morgan fingerprint density at radius 2 is 0.489 bits per heavy atom. The maximum atomic E-state index is 14.7. The van der Waals surface area contributed by atoms with Gasteiger partial charge in [-0.1, -0.05) is 0 Å². The second-order valence-electron chi connectivity index (χ2n) is 30.0. The number of aromatic nitrogens is 24. The average Bonchev–Trinajstić information content (AvgIpc) is 1.65. The molecule has 19 N–H and O–H groups in total. The molecule has 61 nitrogen and oxygen atoms in total. The van der Waals surface area contributed by atoms with Crippen molar-refractivity contribution in [2.45, 2.75) is 156 Å². The summed E-state index contributed by atoms with van der Waals surface area (Å²) in [6.45, 7) is -5.23. The van der Waals surface area contributed by atoms with Crippen molar-refractivity contribution in [3.8, 4) is 0 Å². The van der Waals surface area contributed by atoms with Gasteiger partial charge >= 0.3 is 46.9 Å². The highest BCUT2D eigenvalue weighted by atomic mass is 32.1. The molecular weight excluding hydrogens is 1890 g/mol. The highest BCUT2D eigenvalue weighted by molar-refractivity contribution is 7.80. The van der Waals surface area contributed by atoms with Crippen molar-refractivity contribution in [1.82, 2.24) is 117 Å². The van der Waals surface area contributed by atoms with E-state index in [1.165, 1.54) is 67.1 Å². The third-order valence-corrected chi connectivity index (χ3v) is 27.5. The van der Waals surface area contributed by atoms with Gasteiger partial charge in [0.05, 0.1) is 83.7 Å². The summed E-state index contributed by atoms with van der Waals surface area (Å²) in [6, 6.07) is 0. The minimum atomic E-state index is -5.57. The normalized spacial score (nSPS) is 28.5. The lowest BCUT2D eigenvalue weighted by Gasteiger charge is -2.26. The molecule has 68 heteroatoms. The molecule has 704 valence electrons. The van der Waals surface area contributed by atoms with E-state index in [0.717, 1.165) is 31.6 Å². The number of nitrogen functional groups attached to an aromatic ring is 6. The Bertz CT molecular complexity index is 6530. The van der Waals surface area contributed by atoms with Crippen molar-refractivity contribution < 1.29 is 145 Å². The number of nitrogens with two attached hydrogens (primary N) is 6. The van der Waals surface area contributed by atoms with E-state index in [1.807, 2.05) is 0 Å². The van der Waals surface area contributed by atoms with Crippen molar-refractivity contribution in [2.24, 2.45) is 0 Å². The smallest absolute Gasteiger partial charge is 0.382 e. The predicted molar refractivity (Wildman–Crippen MR) is 439 cm³/mol. The highest BCUT2D eigenvalue weighted by Gasteiger charge is 2.52. The molecule has 12 aromatic heterocycles. The van der Waals surface area contributed by atoms with E-state index >= 15 is 0 Å². The van der Waals surface area contributed by atoms with E-state index in [4.69, 9.17) is 117 Å². The number of imidazole rings is 6. The second kappa shape index (κ2) is 37.2. The van der Waals surface area contributed by atoms with Crippen molar-refractivity contribution >= 4 is 161 Å². The molecule has 23 atom stereocenters. The molecule has 0 amide bonds. The molecular formula is C63H80N30O31P6S. The van der Waals surface area contributed by atoms with E-state index in [0.29, 0.717) is 23.3 Å². The zero-order valence-electron chi connectivity index (χ0n) is 67.2. The number of fused-ring (bicyclic) bond motifs is 6. The first kappa shape index (κ1) is 92.3. The fourth-order valence-corrected chi connectivity index (χ4v) is 20.9. The summed E-state index contributed by atoms with van der Waals surface area (Å²) in [7, 11) is -32.4. The number of phosphoric acid groups is 6. The van der Waals surface area contributed by atoms with Gasteiger partial charge in [-0.05, 0) is 12.2 Å². The lowest BCUT2D eigenvalue weighted by molar-refractivity contribution is -0.0675. The average molecular weight is 1970 g/mol. The van der Waals surface area contributed by atoms with Crippen LogP contribution in [-0.4, -0.2) is 277 Å². The number of rotatable bonds is 38. The van der Waals surface area contributed by atoms with Crippen molar-refractivity contribution in [3.63, 3.8) is 0 Å². The Hall–Kier alpha value is -9.17. The minimum absolute atomic E-state index is 0.00532. The molecule has 131 heavy (non-hydrogen) atoms. The molecule has 0 aromatic carbocycles. The molecule has 6 aliphatic rings. The van der Waals surface area contributed by atoms with Crippen LogP contribution >= 0.6 is 59.6 Å². The van der Waals surface area contributed by atoms with Gasteiger partial charge in [-0.15, -0.1) is 0 Å². The summed E-state index contributed by atoms with van der Waals surface area (Å²) in [5, 5.41) is 0.